The molecule has 0 unspecified atom stereocenters. The van der Waals surface area contributed by atoms with Crippen LogP contribution in [-0.2, 0) is 11.2 Å². The Hall–Kier alpha value is -2.69. The Morgan fingerprint density at radius 1 is 1.04 bits per heavy atom. The van der Waals surface area contributed by atoms with Crippen LogP contribution in [0, 0.1) is 0 Å². The molecule has 0 aromatic heterocycles. The van der Waals surface area contributed by atoms with Crippen molar-refractivity contribution in [3.8, 4) is 17.2 Å². The quantitative estimate of drug-likeness (QED) is 0.847. The van der Waals surface area contributed by atoms with Crippen molar-refractivity contribution in [2.45, 2.75) is 12.8 Å². The van der Waals surface area contributed by atoms with E-state index in [4.69, 9.17) is 14.2 Å². The predicted octanol–water partition coefficient (Wildman–Crippen LogP) is 3.06. The molecule has 2 aromatic rings. The average Bonchev–Trinajstić information content (AvgIpc) is 2.65. The second-order valence-electron chi connectivity index (χ2n) is 5.61. The Labute approximate surface area is 141 Å². The standard InChI is InChI=1S/C19H21NO4/c1-22-15-10-16(23-2)12-17(11-15)24-13-19(21)20-9-5-7-14-6-3-4-8-18(14)20/h3-4,6,8,10-12H,5,7,9,13H2,1-2H3. The normalized spacial score (nSPS) is 13.2. The zero-order chi connectivity index (χ0) is 16.9. The molecule has 0 atom stereocenters. The van der Waals surface area contributed by atoms with E-state index in [0.717, 1.165) is 25.1 Å². The van der Waals surface area contributed by atoms with E-state index in [1.165, 1.54) is 5.56 Å². The molecular weight excluding hydrogens is 306 g/mol. The number of methoxy groups -OCH3 is 2. The predicted molar refractivity (Wildman–Crippen MR) is 92.2 cm³/mol. The van der Waals surface area contributed by atoms with Gasteiger partial charge in [-0.05, 0) is 24.5 Å². The van der Waals surface area contributed by atoms with Crippen molar-refractivity contribution in [2.75, 3.05) is 32.3 Å². The highest BCUT2D eigenvalue weighted by Gasteiger charge is 2.22. The highest BCUT2D eigenvalue weighted by molar-refractivity contribution is 5.95. The molecule has 0 fully saturated rings. The molecule has 3 rings (SSSR count). The molecule has 24 heavy (non-hydrogen) atoms. The van der Waals surface area contributed by atoms with Crippen LogP contribution in [0.25, 0.3) is 0 Å². The van der Waals surface area contributed by atoms with Crippen molar-refractivity contribution in [1.82, 2.24) is 0 Å². The van der Waals surface area contributed by atoms with Gasteiger partial charge in [-0.1, -0.05) is 18.2 Å². The van der Waals surface area contributed by atoms with Crippen LogP contribution in [0.1, 0.15) is 12.0 Å². The number of rotatable bonds is 5. The maximum atomic E-state index is 12.6. The lowest BCUT2D eigenvalue weighted by molar-refractivity contribution is -0.120. The second kappa shape index (κ2) is 7.25. The van der Waals surface area contributed by atoms with Gasteiger partial charge in [0.2, 0.25) is 0 Å². The zero-order valence-corrected chi connectivity index (χ0v) is 14.0. The van der Waals surface area contributed by atoms with Gasteiger partial charge in [0.05, 0.1) is 14.2 Å². The molecule has 0 aliphatic carbocycles. The number of amides is 1. The summed E-state index contributed by atoms with van der Waals surface area (Å²) in [6, 6.07) is 13.3. The number of hydrogen-bond acceptors (Lipinski definition) is 4. The van der Waals surface area contributed by atoms with Gasteiger partial charge in [0.25, 0.3) is 5.91 Å². The minimum absolute atomic E-state index is 0.0232. The first-order valence-corrected chi connectivity index (χ1v) is 7.95. The molecule has 0 radical (unpaired) electrons. The average molecular weight is 327 g/mol. The fraction of sp³-hybridized carbons (Fsp3) is 0.316. The number of para-hydroxylation sites is 1. The van der Waals surface area contributed by atoms with Gasteiger partial charge >= 0.3 is 0 Å². The maximum absolute atomic E-state index is 12.6. The molecule has 0 bridgehead atoms. The van der Waals surface area contributed by atoms with E-state index in [-0.39, 0.29) is 12.5 Å². The number of benzene rings is 2. The molecule has 1 aliphatic rings. The third-order valence-corrected chi connectivity index (χ3v) is 4.10. The summed E-state index contributed by atoms with van der Waals surface area (Å²) in [5.74, 6) is 1.74. The topological polar surface area (TPSA) is 48.0 Å². The first-order valence-electron chi connectivity index (χ1n) is 7.95. The van der Waals surface area contributed by atoms with Gasteiger partial charge in [-0.25, -0.2) is 0 Å². The molecule has 1 heterocycles. The minimum Gasteiger partial charge on any atom is -0.496 e. The third kappa shape index (κ3) is 3.45. The number of carbonyl (C=O) groups excluding carboxylic acids is 1. The van der Waals surface area contributed by atoms with Crippen molar-refractivity contribution in [3.05, 3.63) is 48.0 Å². The molecule has 0 N–H and O–H groups in total. The maximum Gasteiger partial charge on any atom is 0.264 e. The number of ether oxygens (including phenoxy) is 3. The summed E-state index contributed by atoms with van der Waals surface area (Å²) in [4.78, 5) is 14.4. The number of fused-ring (bicyclic) bond motifs is 1. The molecule has 0 saturated carbocycles. The summed E-state index contributed by atoms with van der Waals surface area (Å²) in [5, 5.41) is 0. The van der Waals surface area contributed by atoms with Crippen LogP contribution in [0.15, 0.2) is 42.5 Å². The fourth-order valence-electron chi connectivity index (χ4n) is 2.88. The van der Waals surface area contributed by atoms with E-state index in [1.54, 1.807) is 37.3 Å². The Balaban J connectivity index is 1.70. The van der Waals surface area contributed by atoms with Gasteiger partial charge in [0.1, 0.15) is 17.2 Å². The Kier molecular flexibility index (Phi) is 4.89. The van der Waals surface area contributed by atoms with E-state index < -0.39 is 0 Å². The number of carbonyl (C=O) groups is 1. The lowest BCUT2D eigenvalue weighted by atomic mass is 10.0. The summed E-state index contributed by atoms with van der Waals surface area (Å²) in [5.41, 5.74) is 2.20. The first kappa shape index (κ1) is 16.2. The smallest absolute Gasteiger partial charge is 0.264 e. The summed E-state index contributed by atoms with van der Waals surface area (Å²) >= 11 is 0. The van der Waals surface area contributed by atoms with Crippen LogP contribution in [0.3, 0.4) is 0 Å². The summed E-state index contributed by atoms with van der Waals surface area (Å²) < 4.78 is 16.1. The molecule has 2 aromatic carbocycles. The fourth-order valence-corrected chi connectivity index (χ4v) is 2.88. The third-order valence-electron chi connectivity index (χ3n) is 4.10. The molecule has 126 valence electrons. The van der Waals surface area contributed by atoms with Crippen molar-refractivity contribution in [3.63, 3.8) is 0 Å². The summed E-state index contributed by atoms with van der Waals surface area (Å²) in [6.45, 7) is 0.700. The van der Waals surface area contributed by atoms with Gasteiger partial charge in [-0.15, -0.1) is 0 Å². The van der Waals surface area contributed by atoms with E-state index >= 15 is 0 Å². The van der Waals surface area contributed by atoms with E-state index in [9.17, 15) is 4.79 Å². The van der Waals surface area contributed by atoms with Crippen molar-refractivity contribution >= 4 is 11.6 Å². The molecule has 5 nitrogen and oxygen atoms in total. The zero-order valence-electron chi connectivity index (χ0n) is 14.0. The van der Waals surface area contributed by atoms with Gasteiger partial charge < -0.3 is 19.1 Å². The molecule has 0 spiro atoms. The van der Waals surface area contributed by atoms with Crippen LogP contribution >= 0.6 is 0 Å². The highest BCUT2D eigenvalue weighted by atomic mass is 16.5. The largest absolute Gasteiger partial charge is 0.496 e. The van der Waals surface area contributed by atoms with Gasteiger partial charge in [-0.3, -0.25) is 4.79 Å². The van der Waals surface area contributed by atoms with Gasteiger partial charge in [-0.2, -0.15) is 0 Å². The lowest BCUT2D eigenvalue weighted by Crippen LogP contribution is -2.38. The number of anilines is 1. The molecule has 1 aliphatic heterocycles. The van der Waals surface area contributed by atoms with Crippen LogP contribution in [-0.4, -0.2) is 33.3 Å². The van der Waals surface area contributed by atoms with Crippen LogP contribution in [0.2, 0.25) is 0 Å². The monoisotopic (exact) mass is 327 g/mol. The van der Waals surface area contributed by atoms with Gasteiger partial charge in [0, 0.05) is 30.4 Å². The number of nitrogens with zero attached hydrogens (tertiary/aromatic N) is 1. The Morgan fingerprint density at radius 3 is 2.42 bits per heavy atom. The van der Waals surface area contributed by atoms with Crippen LogP contribution in [0.5, 0.6) is 17.2 Å². The van der Waals surface area contributed by atoms with E-state index in [2.05, 4.69) is 6.07 Å². The van der Waals surface area contributed by atoms with Crippen molar-refractivity contribution in [1.29, 1.82) is 0 Å². The minimum atomic E-state index is -0.0519. The van der Waals surface area contributed by atoms with E-state index in [1.807, 2.05) is 18.2 Å². The molecular formula is C19H21NO4. The van der Waals surface area contributed by atoms with Crippen LogP contribution in [0.4, 0.5) is 5.69 Å². The summed E-state index contributed by atoms with van der Waals surface area (Å²) in [6.07, 6.45) is 1.98. The first-order chi connectivity index (χ1) is 11.7. The number of hydrogen-bond donors (Lipinski definition) is 0. The molecule has 1 amide bonds. The Morgan fingerprint density at radius 2 is 1.71 bits per heavy atom. The Bertz CT molecular complexity index is 707. The molecule has 0 saturated heterocycles. The lowest BCUT2D eigenvalue weighted by Gasteiger charge is -2.29. The number of aryl methyl sites for hydroxylation is 1. The van der Waals surface area contributed by atoms with Gasteiger partial charge in [0.15, 0.2) is 6.61 Å². The highest BCUT2D eigenvalue weighted by Crippen LogP contribution is 2.29. The summed E-state index contributed by atoms with van der Waals surface area (Å²) in [7, 11) is 3.16. The second-order valence-corrected chi connectivity index (χ2v) is 5.61. The molecule has 5 heteroatoms. The van der Waals surface area contributed by atoms with E-state index in [0.29, 0.717) is 17.2 Å². The van der Waals surface area contributed by atoms with Crippen LogP contribution < -0.4 is 19.1 Å². The van der Waals surface area contributed by atoms with Crippen molar-refractivity contribution < 1.29 is 19.0 Å². The van der Waals surface area contributed by atoms with Crippen molar-refractivity contribution in [2.24, 2.45) is 0 Å². The SMILES string of the molecule is COc1cc(OC)cc(OCC(=O)N2CCCc3ccccc32)c1.